The minimum absolute atomic E-state index is 0.600. The second-order valence-electron chi connectivity index (χ2n) is 4.15. The normalized spacial score (nSPS) is 10.4. The second-order valence-corrected chi connectivity index (χ2v) is 4.15. The molecule has 0 aliphatic carbocycles. The molecule has 2 aromatic carbocycles. The van der Waals surface area contributed by atoms with Gasteiger partial charge < -0.3 is 0 Å². The number of aryl methyl sites for hydroxylation is 1. The zero-order valence-electron chi connectivity index (χ0n) is 9.96. The van der Waals surface area contributed by atoms with Gasteiger partial charge in [-0.05, 0) is 11.6 Å². The molecular weight excluding hydrogens is 222 g/mol. The van der Waals surface area contributed by atoms with E-state index in [0.717, 1.165) is 22.0 Å². The molecule has 3 nitrogen and oxygen atoms in total. The van der Waals surface area contributed by atoms with Crippen molar-refractivity contribution in [2.75, 3.05) is 0 Å². The fraction of sp³-hybridized carbons (Fsp3) is 0.0667. The average molecular weight is 233 g/mol. The van der Waals surface area contributed by atoms with Crippen LogP contribution in [0.25, 0.3) is 22.0 Å². The molecule has 0 atom stereocenters. The standard InChI is InChI=1S/C15H11N3/c1-18-14(10-16)13-9-5-8-12(15(13)17-18)11-6-3-2-4-7-11/h2-9H,1H3. The van der Waals surface area contributed by atoms with Gasteiger partial charge in [-0.3, -0.25) is 4.68 Å². The highest BCUT2D eigenvalue weighted by Crippen LogP contribution is 2.28. The molecule has 1 heterocycles. The van der Waals surface area contributed by atoms with Crippen LogP contribution in [0.4, 0.5) is 0 Å². The Bertz CT molecular complexity index is 748. The first-order valence-electron chi connectivity index (χ1n) is 5.72. The smallest absolute Gasteiger partial charge is 0.146 e. The summed E-state index contributed by atoms with van der Waals surface area (Å²) in [6.07, 6.45) is 0. The predicted octanol–water partition coefficient (Wildman–Crippen LogP) is 3.11. The molecular formula is C15H11N3. The number of rotatable bonds is 1. The van der Waals surface area contributed by atoms with E-state index in [9.17, 15) is 0 Å². The number of benzene rings is 2. The van der Waals surface area contributed by atoms with Crippen molar-refractivity contribution in [2.24, 2.45) is 7.05 Å². The third-order valence-electron chi connectivity index (χ3n) is 3.06. The highest BCUT2D eigenvalue weighted by Gasteiger charge is 2.12. The Morgan fingerprint density at radius 1 is 1.06 bits per heavy atom. The summed E-state index contributed by atoms with van der Waals surface area (Å²) >= 11 is 0. The van der Waals surface area contributed by atoms with Crippen LogP contribution in [-0.4, -0.2) is 9.78 Å². The minimum Gasteiger partial charge on any atom is -0.257 e. The Labute approximate surface area is 105 Å². The molecule has 0 N–H and O–H groups in total. The molecule has 3 heteroatoms. The molecule has 0 fully saturated rings. The van der Waals surface area contributed by atoms with E-state index in [1.807, 2.05) is 36.4 Å². The molecule has 0 saturated carbocycles. The SMILES string of the molecule is Cn1nc2c(-c3ccccc3)cccc2c1C#N. The van der Waals surface area contributed by atoms with Crippen molar-refractivity contribution < 1.29 is 0 Å². The monoisotopic (exact) mass is 233 g/mol. The topological polar surface area (TPSA) is 41.6 Å². The summed E-state index contributed by atoms with van der Waals surface area (Å²) in [5, 5.41) is 14.5. The second kappa shape index (κ2) is 4.01. The van der Waals surface area contributed by atoms with Crippen molar-refractivity contribution in [3.63, 3.8) is 0 Å². The summed E-state index contributed by atoms with van der Waals surface area (Å²) in [5.41, 5.74) is 3.65. The lowest BCUT2D eigenvalue weighted by molar-refractivity contribution is 0.767. The van der Waals surface area contributed by atoms with E-state index >= 15 is 0 Å². The fourth-order valence-corrected chi connectivity index (χ4v) is 2.20. The summed E-state index contributed by atoms with van der Waals surface area (Å²) in [6.45, 7) is 0. The lowest BCUT2D eigenvalue weighted by Crippen LogP contribution is -1.92. The average Bonchev–Trinajstić information content (AvgIpc) is 2.74. The first-order chi connectivity index (χ1) is 8.81. The van der Waals surface area contributed by atoms with Crippen LogP contribution >= 0.6 is 0 Å². The minimum atomic E-state index is 0.600. The van der Waals surface area contributed by atoms with E-state index in [1.54, 1.807) is 11.7 Å². The largest absolute Gasteiger partial charge is 0.257 e. The molecule has 3 rings (SSSR count). The highest BCUT2D eigenvalue weighted by molar-refractivity contribution is 5.96. The Hall–Kier alpha value is -2.60. The van der Waals surface area contributed by atoms with Crippen molar-refractivity contribution in [1.29, 1.82) is 5.26 Å². The number of nitrogens with zero attached hydrogens (tertiary/aromatic N) is 3. The molecule has 1 aromatic heterocycles. The van der Waals surface area contributed by atoms with Crippen LogP contribution < -0.4 is 0 Å². The Morgan fingerprint density at radius 2 is 1.83 bits per heavy atom. The van der Waals surface area contributed by atoms with Gasteiger partial charge in [0, 0.05) is 18.0 Å². The predicted molar refractivity (Wildman–Crippen MR) is 70.9 cm³/mol. The summed E-state index contributed by atoms with van der Waals surface area (Å²) in [4.78, 5) is 0. The van der Waals surface area contributed by atoms with Gasteiger partial charge in [-0.25, -0.2) is 0 Å². The number of fused-ring (bicyclic) bond motifs is 1. The Balaban J connectivity index is 2.36. The van der Waals surface area contributed by atoms with Gasteiger partial charge in [0.15, 0.2) is 0 Å². The van der Waals surface area contributed by atoms with Crippen molar-refractivity contribution >= 4 is 10.9 Å². The van der Waals surface area contributed by atoms with E-state index in [-0.39, 0.29) is 0 Å². The molecule has 3 aromatic rings. The number of nitriles is 1. The van der Waals surface area contributed by atoms with E-state index in [1.165, 1.54) is 0 Å². The lowest BCUT2D eigenvalue weighted by Gasteiger charge is -2.01. The van der Waals surface area contributed by atoms with Gasteiger partial charge in [0.25, 0.3) is 0 Å². The van der Waals surface area contributed by atoms with Crippen LogP contribution in [-0.2, 0) is 7.05 Å². The lowest BCUT2D eigenvalue weighted by atomic mass is 10.0. The molecule has 0 bridgehead atoms. The van der Waals surface area contributed by atoms with E-state index < -0.39 is 0 Å². The van der Waals surface area contributed by atoms with Crippen LogP contribution in [0.5, 0.6) is 0 Å². The van der Waals surface area contributed by atoms with Gasteiger partial charge in [0.05, 0.1) is 0 Å². The summed E-state index contributed by atoms with van der Waals surface area (Å²) < 4.78 is 1.64. The third-order valence-corrected chi connectivity index (χ3v) is 3.06. The molecule has 18 heavy (non-hydrogen) atoms. The molecule has 0 aliphatic heterocycles. The highest BCUT2D eigenvalue weighted by atomic mass is 15.3. The first-order valence-corrected chi connectivity index (χ1v) is 5.72. The number of hydrogen-bond acceptors (Lipinski definition) is 2. The van der Waals surface area contributed by atoms with Crippen molar-refractivity contribution in [3.8, 4) is 17.2 Å². The van der Waals surface area contributed by atoms with Gasteiger partial charge >= 0.3 is 0 Å². The van der Waals surface area contributed by atoms with Gasteiger partial charge in [0.2, 0.25) is 0 Å². The molecule has 0 aliphatic rings. The van der Waals surface area contributed by atoms with Crippen LogP contribution in [0, 0.1) is 11.3 Å². The van der Waals surface area contributed by atoms with Gasteiger partial charge in [0.1, 0.15) is 17.3 Å². The van der Waals surface area contributed by atoms with Gasteiger partial charge in [-0.2, -0.15) is 10.4 Å². The molecule has 0 spiro atoms. The summed E-state index contributed by atoms with van der Waals surface area (Å²) in [6, 6.07) is 18.2. The molecule has 0 radical (unpaired) electrons. The van der Waals surface area contributed by atoms with Crippen molar-refractivity contribution in [1.82, 2.24) is 9.78 Å². The zero-order chi connectivity index (χ0) is 12.5. The zero-order valence-corrected chi connectivity index (χ0v) is 9.96. The maximum absolute atomic E-state index is 9.16. The third kappa shape index (κ3) is 1.47. The molecule has 0 unspecified atom stereocenters. The number of aromatic nitrogens is 2. The quantitative estimate of drug-likeness (QED) is 0.648. The van der Waals surface area contributed by atoms with Gasteiger partial charge in [-0.1, -0.05) is 42.5 Å². The maximum atomic E-state index is 9.16. The molecule has 0 amide bonds. The van der Waals surface area contributed by atoms with Gasteiger partial charge in [-0.15, -0.1) is 0 Å². The van der Waals surface area contributed by atoms with Crippen LogP contribution in [0.2, 0.25) is 0 Å². The van der Waals surface area contributed by atoms with Crippen LogP contribution in [0.3, 0.4) is 0 Å². The molecule has 86 valence electrons. The van der Waals surface area contributed by atoms with E-state index in [4.69, 9.17) is 5.26 Å². The van der Waals surface area contributed by atoms with Crippen molar-refractivity contribution in [3.05, 3.63) is 54.2 Å². The fourth-order valence-electron chi connectivity index (χ4n) is 2.20. The molecule has 0 saturated heterocycles. The Kier molecular flexibility index (Phi) is 2.35. The van der Waals surface area contributed by atoms with Crippen molar-refractivity contribution in [2.45, 2.75) is 0 Å². The van der Waals surface area contributed by atoms with E-state index in [0.29, 0.717) is 5.69 Å². The first kappa shape index (κ1) is 10.5. The van der Waals surface area contributed by atoms with Crippen LogP contribution in [0.15, 0.2) is 48.5 Å². The Morgan fingerprint density at radius 3 is 2.56 bits per heavy atom. The van der Waals surface area contributed by atoms with E-state index in [2.05, 4.69) is 23.3 Å². The summed E-state index contributed by atoms with van der Waals surface area (Å²) in [7, 11) is 1.80. The summed E-state index contributed by atoms with van der Waals surface area (Å²) in [5.74, 6) is 0. The van der Waals surface area contributed by atoms with Crippen LogP contribution in [0.1, 0.15) is 5.69 Å². The number of hydrogen-bond donors (Lipinski definition) is 0. The maximum Gasteiger partial charge on any atom is 0.146 e.